The zero-order valence-corrected chi connectivity index (χ0v) is 11.0. The Morgan fingerprint density at radius 3 is 2.58 bits per heavy atom. The third kappa shape index (κ3) is 3.45. The zero-order valence-electron chi connectivity index (χ0n) is 10.3. The topological polar surface area (TPSA) is 59.4 Å². The highest BCUT2D eigenvalue weighted by atomic mass is 35.5. The van der Waals surface area contributed by atoms with E-state index in [1.54, 1.807) is 24.3 Å². The van der Waals surface area contributed by atoms with Crippen molar-refractivity contribution in [3.63, 3.8) is 0 Å². The quantitative estimate of drug-likeness (QED) is 0.924. The highest BCUT2D eigenvalue weighted by Gasteiger charge is 2.09. The molecule has 2 aromatic rings. The van der Waals surface area contributed by atoms with Gasteiger partial charge in [0.1, 0.15) is 5.75 Å². The van der Waals surface area contributed by atoms with E-state index in [1.807, 2.05) is 6.92 Å². The maximum Gasteiger partial charge on any atom is 0.335 e. The van der Waals surface area contributed by atoms with E-state index < -0.39 is 5.97 Å². The fourth-order valence-corrected chi connectivity index (χ4v) is 1.67. The van der Waals surface area contributed by atoms with Gasteiger partial charge in [-0.15, -0.1) is 0 Å². The maximum atomic E-state index is 11.0. The van der Waals surface area contributed by atoms with E-state index in [1.165, 1.54) is 12.1 Å². The second-order valence-electron chi connectivity index (χ2n) is 3.90. The molecule has 1 N–H and O–H groups in total. The van der Waals surface area contributed by atoms with Crippen LogP contribution in [0.25, 0.3) is 0 Å². The van der Waals surface area contributed by atoms with Gasteiger partial charge in [0.15, 0.2) is 0 Å². The summed E-state index contributed by atoms with van der Waals surface area (Å²) in [6.45, 7) is 1.90. The average Bonchev–Trinajstić information content (AvgIpc) is 2.41. The summed E-state index contributed by atoms with van der Waals surface area (Å²) in [6, 6.07) is 9.72. The minimum absolute atomic E-state index is 0.163. The first kappa shape index (κ1) is 13.4. The Bertz CT molecular complexity index is 596. The highest BCUT2D eigenvalue weighted by Crippen LogP contribution is 2.23. The van der Waals surface area contributed by atoms with E-state index in [9.17, 15) is 4.79 Å². The van der Waals surface area contributed by atoms with Crippen LogP contribution in [0.4, 0.5) is 0 Å². The molecule has 0 saturated carbocycles. The number of benzene rings is 1. The highest BCUT2D eigenvalue weighted by molar-refractivity contribution is 6.30. The molecular formula is C14H12ClNO3. The second-order valence-corrected chi connectivity index (χ2v) is 4.34. The van der Waals surface area contributed by atoms with E-state index in [-0.39, 0.29) is 11.4 Å². The number of aromatic carboxylic acids is 1. The fourth-order valence-electron chi connectivity index (χ4n) is 1.54. The molecule has 0 unspecified atom stereocenters. The SMILES string of the molecule is CCc1cc(C(=O)O)cc(Oc2ccc(Cl)cc2)n1. The van der Waals surface area contributed by atoms with E-state index in [0.29, 0.717) is 22.9 Å². The molecule has 0 aliphatic rings. The molecule has 1 heterocycles. The molecule has 0 aliphatic heterocycles. The molecule has 19 heavy (non-hydrogen) atoms. The summed E-state index contributed by atoms with van der Waals surface area (Å²) in [5.41, 5.74) is 0.833. The van der Waals surface area contributed by atoms with Crippen molar-refractivity contribution in [3.05, 3.63) is 52.7 Å². The van der Waals surface area contributed by atoms with Crippen molar-refractivity contribution in [2.24, 2.45) is 0 Å². The van der Waals surface area contributed by atoms with Crippen LogP contribution >= 0.6 is 11.6 Å². The first-order chi connectivity index (χ1) is 9.08. The molecular weight excluding hydrogens is 266 g/mol. The summed E-state index contributed by atoms with van der Waals surface area (Å²) < 4.78 is 5.53. The van der Waals surface area contributed by atoms with Crippen LogP contribution in [-0.4, -0.2) is 16.1 Å². The van der Waals surface area contributed by atoms with Crippen LogP contribution < -0.4 is 4.74 Å². The number of hydrogen-bond acceptors (Lipinski definition) is 3. The molecule has 98 valence electrons. The Kier molecular flexibility index (Phi) is 4.02. The summed E-state index contributed by atoms with van der Waals surface area (Å²) in [6.07, 6.45) is 0.637. The molecule has 0 fully saturated rings. The standard InChI is InChI=1S/C14H12ClNO3/c1-2-11-7-9(14(17)18)8-13(16-11)19-12-5-3-10(15)4-6-12/h3-8H,2H2,1H3,(H,17,18). The zero-order chi connectivity index (χ0) is 13.8. The lowest BCUT2D eigenvalue weighted by Gasteiger charge is -2.07. The number of rotatable bonds is 4. The van der Waals surface area contributed by atoms with Crippen molar-refractivity contribution in [2.45, 2.75) is 13.3 Å². The van der Waals surface area contributed by atoms with Crippen molar-refractivity contribution in [3.8, 4) is 11.6 Å². The number of carboxylic acids is 1. The summed E-state index contributed by atoms with van der Waals surface area (Å²) in [7, 11) is 0. The number of hydrogen-bond donors (Lipinski definition) is 1. The molecule has 0 atom stereocenters. The van der Waals surface area contributed by atoms with Gasteiger partial charge in [0.25, 0.3) is 0 Å². The van der Waals surface area contributed by atoms with E-state index in [4.69, 9.17) is 21.4 Å². The Labute approximate surface area is 115 Å². The van der Waals surface area contributed by atoms with Gasteiger partial charge < -0.3 is 9.84 Å². The lowest BCUT2D eigenvalue weighted by molar-refractivity contribution is 0.0696. The number of aryl methyl sites for hydroxylation is 1. The number of nitrogens with zero attached hydrogens (tertiary/aromatic N) is 1. The van der Waals surface area contributed by atoms with Gasteiger partial charge in [-0.1, -0.05) is 18.5 Å². The third-order valence-electron chi connectivity index (χ3n) is 2.50. The Hall–Kier alpha value is -2.07. The molecule has 0 saturated heterocycles. The van der Waals surface area contributed by atoms with E-state index in [2.05, 4.69) is 4.98 Å². The summed E-state index contributed by atoms with van der Waals surface area (Å²) >= 11 is 5.78. The Balaban J connectivity index is 2.31. The van der Waals surface area contributed by atoms with Gasteiger partial charge in [-0.25, -0.2) is 9.78 Å². The Morgan fingerprint density at radius 2 is 2.00 bits per heavy atom. The monoisotopic (exact) mass is 277 g/mol. The summed E-state index contributed by atoms with van der Waals surface area (Å²) in [5, 5.41) is 9.64. The number of carboxylic acid groups (broad SMARTS) is 1. The normalized spacial score (nSPS) is 10.2. The molecule has 0 spiro atoms. The minimum atomic E-state index is -1.00. The predicted octanol–water partition coefficient (Wildman–Crippen LogP) is 3.79. The van der Waals surface area contributed by atoms with E-state index >= 15 is 0 Å². The minimum Gasteiger partial charge on any atom is -0.478 e. The molecule has 0 bridgehead atoms. The van der Waals surface area contributed by atoms with Crippen molar-refractivity contribution in [1.82, 2.24) is 4.98 Å². The number of halogens is 1. The summed E-state index contributed by atoms with van der Waals surface area (Å²) in [4.78, 5) is 15.3. The van der Waals surface area contributed by atoms with Crippen molar-refractivity contribution in [2.75, 3.05) is 0 Å². The van der Waals surface area contributed by atoms with Crippen molar-refractivity contribution in [1.29, 1.82) is 0 Å². The van der Waals surface area contributed by atoms with E-state index in [0.717, 1.165) is 0 Å². The van der Waals surface area contributed by atoms with Gasteiger partial charge >= 0.3 is 5.97 Å². The molecule has 0 radical (unpaired) electrons. The van der Waals surface area contributed by atoms with Crippen LogP contribution in [0.15, 0.2) is 36.4 Å². The number of ether oxygens (including phenoxy) is 1. The van der Waals surface area contributed by atoms with Gasteiger partial charge in [-0.05, 0) is 36.8 Å². The van der Waals surface area contributed by atoms with Crippen molar-refractivity contribution < 1.29 is 14.6 Å². The number of pyridine rings is 1. The molecule has 1 aromatic carbocycles. The molecule has 2 rings (SSSR count). The first-order valence-corrected chi connectivity index (χ1v) is 6.14. The maximum absolute atomic E-state index is 11.0. The molecule has 0 amide bonds. The van der Waals surface area contributed by atoms with Gasteiger partial charge in [-0.3, -0.25) is 0 Å². The number of aromatic nitrogens is 1. The molecule has 1 aromatic heterocycles. The lowest BCUT2D eigenvalue weighted by atomic mass is 10.2. The van der Waals surface area contributed by atoms with Gasteiger partial charge in [0.2, 0.25) is 5.88 Å². The van der Waals surface area contributed by atoms with Crippen molar-refractivity contribution >= 4 is 17.6 Å². The van der Waals surface area contributed by atoms with Gasteiger partial charge in [0.05, 0.1) is 5.56 Å². The fraction of sp³-hybridized carbons (Fsp3) is 0.143. The third-order valence-corrected chi connectivity index (χ3v) is 2.75. The molecule has 4 nitrogen and oxygen atoms in total. The summed E-state index contributed by atoms with van der Waals surface area (Å²) in [5.74, 6) is -0.182. The van der Waals surface area contributed by atoms with Crippen LogP contribution in [-0.2, 0) is 6.42 Å². The largest absolute Gasteiger partial charge is 0.478 e. The van der Waals surface area contributed by atoms with Crippen LogP contribution in [0.3, 0.4) is 0 Å². The molecule has 0 aliphatic carbocycles. The Morgan fingerprint density at radius 1 is 1.32 bits per heavy atom. The first-order valence-electron chi connectivity index (χ1n) is 5.76. The lowest BCUT2D eigenvalue weighted by Crippen LogP contribution is -2.01. The van der Waals surface area contributed by atoms with Crippen LogP contribution in [0, 0.1) is 0 Å². The van der Waals surface area contributed by atoms with Crippen LogP contribution in [0.5, 0.6) is 11.6 Å². The number of carbonyl (C=O) groups is 1. The predicted molar refractivity (Wildman–Crippen MR) is 72.1 cm³/mol. The van der Waals surface area contributed by atoms with Crippen LogP contribution in [0.2, 0.25) is 5.02 Å². The van der Waals surface area contributed by atoms with Gasteiger partial charge in [-0.2, -0.15) is 0 Å². The van der Waals surface area contributed by atoms with Gasteiger partial charge in [0, 0.05) is 16.8 Å². The average molecular weight is 278 g/mol. The smallest absolute Gasteiger partial charge is 0.335 e. The second kappa shape index (κ2) is 5.71. The van der Waals surface area contributed by atoms with Crippen LogP contribution in [0.1, 0.15) is 23.0 Å². The molecule has 5 heteroatoms.